The minimum atomic E-state index is -0.624. The lowest BCUT2D eigenvalue weighted by atomic mass is 9.78. The van der Waals surface area contributed by atoms with Crippen LogP contribution in [-0.4, -0.2) is 16.5 Å². The number of allylic oxidation sites excluding steroid dienone is 2. The molecule has 2 heteroatoms. The van der Waals surface area contributed by atoms with E-state index in [1.165, 1.54) is 5.57 Å². The van der Waals surface area contributed by atoms with Crippen LogP contribution in [0.1, 0.15) is 47.0 Å². The zero-order chi connectivity index (χ0) is 12.8. The second-order valence-corrected chi connectivity index (χ2v) is 6.51. The van der Waals surface area contributed by atoms with Crippen LogP contribution in [-0.2, 0) is 4.79 Å². The molecule has 0 aliphatic heterocycles. The lowest BCUT2D eigenvalue weighted by Gasteiger charge is -2.31. The fraction of sp³-hybridized carbons (Fsp3) is 0.800. The SMILES string of the molecule is C[C@H]1CC[C@@H](C(C)(C)O)C[C@@H]2C1=CC(=O)[C@@H]2C. The first-order chi connectivity index (χ1) is 7.80. The molecule has 2 aliphatic rings. The van der Waals surface area contributed by atoms with Gasteiger partial charge in [-0.1, -0.05) is 19.4 Å². The summed E-state index contributed by atoms with van der Waals surface area (Å²) in [6, 6.07) is 0. The highest BCUT2D eigenvalue weighted by Crippen LogP contribution is 2.45. The van der Waals surface area contributed by atoms with E-state index in [2.05, 4.69) is 6.92 Å². The fourth-order valence-electron chi connectivity index (χ4n) is 3.42. The molecule has 1 fully saturated rings. The van der Waals surface area contributed by atoms with Gasteiger partial charge in [0.1, 0.15) is 0 Å². The molecule has 4 atom stereocenters. The standard InChI is InChI=1S/C15H24O2/c1-9-5-6-11(15(3,4)17)7-13-10(2)14(16)8-12(9)13/h8-11,13,17H,5-7H2,1-4H3/t9-,10+,11+,13-/m0/s1. The minimum absolute atomic E-state index is 0.121. The molecule has 2 rings (SSSR count). The number of aliphatic hydroxyl groups is 1. The van der Waals surface area contributed by atoms with Gasteiger partial charge >= 0.3 is 0 Å². The second-order valence-electron chi connectivity index (χ2n) is 6.51. The summed E-state index contributed by atoms with van der Waals surface area (Å²) in [5.41, 5.74) is 0.717. The summed E-state index contributed by atoms with van der Waals surface area (Å²) in [4.78, 5) is 11.8. The first-order valence-electron chi connectivity index (χ1n) is 6.78. The number of ketones is 1. The molecule has 0 aromatic heterocycles. The Morgan fingerprint density at radius 2 is 1.94 bits per heavy atom. The normalized spacial score (nSPS) is 38.6. The molecule has 0 unspecified atom stereocenters. The summed E-state index contributed by atoms with van der Waals surface area (Å²) in [6.45, 7) is 8.06. The Morgan fingerprint density at radius 1 is 1.29 bits per heavy atom. The van der Waals surface area contributed by atoms with Crippen LogP contribution in [0.2, 0.25) is 0 Å². The van der Waals surface area contributed by atoms with Gasteiger partial charge in [-0.25, -0.2) is 0 Å². The topological polar surface area (TPSA) is 37.3 Å². The molecule has 0 radical (unpaired) electrons. The number of rotatable bonds is 1. The van der Waals surface area contributed by atoms with Gasteiger partial charge in [0.2, 0.25) is 0 Å². The maximum atomic E-state index is 11.8. The van der Waals surface area contributed by atoms with Crippen LogP contribution in [0.4, 0.5) is 0 Å². The molecule has 2 aliphatic carbocycles. The van der Waals surface area contributed by atoms with E-state index >= 15 is 0 Å². The quantitative estimate of drug-likeness (QED) is 0.760. The van der Waals surface area contributed by atoms with Gasteiger partial charge in [-0.05, 0) is 56.9 Å². The van der Waals surface area contributed by atoms with E-state index in [1.54, 1.807) is 0 Å². The van der Waals surface area contributed by atoms with Gasteiger partial charge in [0, 0.05) is 5.92 Å². The van der Waals surface area contributed by atoms with Gasteiger partial charge in [0.25, 0.3) is 0 Å². The Bertz CT molecular complexity index is 348. The van der Waals surface area contributed by atoms with Gasteiger partial charge in [-0.3, -0.25) is 4.79 Å². The van der Waals surface area contributed by atoms with Crippen LogP contribution in [0, 0.1) is 23.7 Å². The van der Waals surface area contributed by atoms with E-state index in [1.807, 2.05) is 26.8 Å². The molecule has 96 valence electrons. The lowest BCUT2D eigenvalue weighted by molar-refractivity contribution is -0.118. The molecule has 0 spiro atoms. The third-order valence-electron chi connectivity index (χ3n) is 4.84. The van der Waals surface area contributed by atoms with E-state index in [9.17, 15) is 9.90 Å². The van der Waals surface area contributed by atoms with Crippen molar-refractivity contribution >= 4 is 5.78 Å². The van der Waals surface area contributed by atoms with Crippen molar-refractivity contribution < 1.29 is 9.90 Å². The van der Waals surface area contributed by atoms with Gasteiger partial charge in [0.05, 0.1) is 5.60 Å². The molecule has 2 nitrogen and oxygen atoms in total. The third kappa shape index (κ3) is 2.33. The molecule has 17 heavy (non-hydrogen) atoms. The maximum absolute atomic E-state index is 11.8. The number of fused-ring (bicyclic) bond motifs is 1. The van der Waals surface area contributed by atoms with E-state index in [0.717, 1.165) is 19.3 Å². The van der Waals surface area contributed by atoms with Crippen molar-refractivity contribution in [1.82, 2.24) is 0 Å². The van der Waals surface area contributed by atoms with Crippen LogP contribution in [0.5, 0.6) is 0 Å². The van der Waals surface area contributed by atoms with E-state index < -0.39 is 5.60 Å². The largest absolute Gasteiger partial charge is 0.390 e. The van der Waals surface area contributed by atoms with Gasteiger partial charge in [-0.2, -0.15) is 0 Å². The van der Waals surface area contributed by atoms with Crippen molar-refractivity contribution in [2.24, 2.45) is 23.7 Å². The Balaban J connectivity index is 2.25. The van der Waals surface area contributed by atoms with Crippen molar-refractivity contribution in [2.45, 2.75) is 52.6 Å². The molecule has 0 aromatic rings. The van der Waals surface area contributed by atoms with Crippen LogP contribution in [0.15, 0.2) is 11.6 Å². The van der Waals surface area contributed by atoms with Crippen LogP contribution >= 0.6 is 0 Å². The van der Waals surface area contributed by atoms with E-state index in [-0.39, 0.29) is 11.7 Å². The zero-order valence-electron chi connectivity index (χ0n) is 11.4. The maximum Gasteiger partial charge on any atom is 0.159 e. The van der Waals surface area contributed by atoms with Crippen molar-refractivity contribution in [3.8, 4) is 0 Å². The summed E-state index contributed by atoms with van der Waals surface area (Å²) in [5, 5.41) is 10.2. The molecular weight excluding hydrogens is 212 g/mol. The third-order valence-corrected chi connectivity index (χ3v) is 4.84. The van der Waals surface area contributed by atoms with E-state index in [0.29, 0.717) is 17.8 Å². The summed E-state index contributed by atoms with van der Waals surface area (Å²) < 4.78 is 0. The van der Waals surface area contributed by atoms with Gasteiger partial charge in [0.15, 0.2) is 5.78 Å². The monoisotopic (exact) mass is 236 g/mol. The molecule has 0 aromatic carbocycles. The van der Waals surface area contributed by atoms with Crippen LogP contribution in [0.3, 0.4) is 0 Å². The molecule has 0 bridgehead atoms. The van der Waals surface area contributed by atoms with E-state index in [4.69, 9.17) is 0 Å². The molecule has 1 N–H and O–H groups in total. The predicted molar refractivity (Wildman–Crippen MR) is 68.5 cm³/mol. The molecule has 1 saturated carbocycles. The summed E-state index contributed by atoms with van der Waals surface area (Å²) in [6.07, 6.45) is 5.01. The highest BCUT2D eigenvalue weighted by Gasteiger charge is 2.41. The average molecular weight is 236 g/mol. The Hall–Kier alpha value is -0.630. The predicted octanol–water partition coefficient (Wildman–Crippen LogP) is 2.95. The summed E-state index contributed by atoms with van der Waals surface area (Å²) in [7, 11) is 0. The van der Waals surface area contributed by atoms with Crippen molar-refractivity contribution in [3.63, 3.8) is 0 Å². The molecule has 0 heterocycles. The highest BCUT2D eigenvalue weighted by molar-refractivity contribution is 5.95. The lowest BCUT2D eigenvalue weighted by Crippen LogP contribution is -2.32. The summed E-state index contributed by atoms with van der Waals surface area (Å²) >= 11 is 0. The second kappa shape index (κ2) is 4.24. The first kappa shape index (κ1) is 12.8. The Morgan fingerprint density at radius 3 is 2.53 bits per heavy atom. The van der Waals surface area contributed by atoms with Crippen molar-refractivity contribution in [2.75, 3.05) is 0 Å². The smallest absolute Gasteiger partial charge is 0.159 e. The van der Waals surface area contributed by atoms with Crippen molar-refractivity contribution in [3.05, 3.63) is 11.6 Å². The van der Waals surface area contributed by atoms with Crippen LogP contribution in [0.25, 0.3) is 0 Å². The number of hydrogen-bond donors (Lipinski definition) is 1. The van der Waals surface area contributed by atoms with Crippen LogP contribution < -0.4 is 0 Å². The van der Waals surface area contributed by atoms with Gasteiger partial charge < -0.3 is 5.11 Å². The fourth-order valence-corrected chi connectivity index (χ4v) is 3.42. The zero-order valence-corrected chi connectivity index (χ0v) is 11.4. The number of carbonyl (C=O) groups excluding carboxylic acids is 1. The number of carbonyl (C=O) groups is 1. The molecular formula is C15H24O2. The van der Waals surface area contributed by atoms with Crippen molar-refractivity contribution in [1.29, 1.82) is 0 Å². The average Bonchev–Trinajstić information content (AvgIpc) is 2.40. The Kier molecular flexibility index (Phi) is 3.19. The summed E-state index contributed by atoms with van der Waals surface area (Å²) in [5.74, 6) is 1.59. The highest BCUT2D eigenvalue weighted by atomic mass is 16.3. The minimum Gasteiger partial charge on any atom is -0.390 e. The Labute approximate surface area is 104 Å². The number of hydrogen-bond acceptors (Lipinski definition) is 2. The first-order valence-corrected chi connectivity index (χ1v) is 6.78. The molecule has 0 saturated heterocycles. The van der Waals surface area contributed by atoms with Gasteiger partial charge in [-0.15, -0.1) is 0 Å². The molecule has 0 amide bonds.